The number of rotatable bonds is 3. The molecular weight excluding hydrogens is 290 g/mol. The molecule has 1 aromatic rings. The number of hydrogen-bond donors (Lipinski definition) is 0. The molecule has 0 spiro atoms. The number of alkyl halides is 1. The van der Waals surface area contributed by atoms with E-state index >= 15 is 0 Å². The van der Waals surface area contributed by atoms with Crippen LogP contribution in [0.4, 0.5) is 8.78 Å². The molecule has 0 saturated heterocycles. The van der Waals surface area contributed by atoms with Crippen molar-refractivity contribution in [1.29, 1.82) is 0 Å². The van der Waals surface area contributed by atoms with Gasteiger partial charge in [-0.3, -0.25) is 0 Å². The molecule has 4 aliphatic rings. The predicted molar refractivity (Wildman–Crippen MR) is 80.2 cm³/mol. The van der Waals surface area contributed by atoms with Gasteiger partial charge in [0.15, 0.2) is 0 Å². The summed E-state index contributed by atoms with van der Waals surface area (Å²) in [4.78, 5) is 0. The van der Waals surface area contributed by atoms with E-state index in [4.69, 9.17) is 11.6 Å². The number of halogens is 3. The lowest BCUT2D eigenvalue weighted by Crippen LogP contribution is -2.48. The average molecular weight is 311 g/mol. The minimum Gasteiger partial charge on any atom is -0.207 e. The molecule has 1 unspecified atom stereocenters. The van der Waals surface area contributed by atoms with Crippen LogP contribution in [0.15, 0.2) is 18.2 Å². The Bertz CT molecular complexity index is 514. The van der Waals surface area contributed by atoms with Crippen molar-refractivity contribution in [3.05, 3.63) is 35.4 Å². The molecule has 4 fully saturated rings. The molecule has 114 valence electrons. The van der Waals surface area contributed by atoms with Crippen molar-refractivity contribution in [2.45, 2.75) is 43.9 Å². The molecule has 3 heteroatoms. The van der Waals surface area contributed by atoms with E-state index in [0.717, 1.165) is 29.7 Å². The summed E-state index contributed by atoms with van der Waals surface area (Å²) in [6.07, 6.45) is 7.26. The van der Waals surface area contributed by atoms with Gasteiger partial charge in [0.2, 0.25) is 0 Å². The standard InChI is InChI=1S/C18H21ClF2/c19-16(8-12-1-2-15(20)9-17(12)21)18-13-4-10-3-11(6-13)7-14(18)5-10/h1-2,9-11,13-14,16,18H,3-8H2. The predicted octanol–water partition coefficient (Wildman–Crippen LogP) is 5.19. The van der Waals surface area contributed by atoms with E-state index in [9.17, 15) is 8.78 Å². The summed E-state index contributed by atoms with van der Waals surface area (Å²) in [5.41, 5.74) is 0.560. The Labute approximate surface area is 129 Å². The van der Waals surface area contributed by atoms with Crippen molar-refractivity contribution < 1.29 is 8.78 Å². The highest BCUT2D eigenvalue weighted by Crippen LogP contribution is 2.58. The van der Waals surface area contributed by atoms with Crippen LogP contribution in [0.25, 0.3) is 0 Å². The van der Waals surface area contributed by atoms with Gasteiger partial charge in [-0.2, -0.15) is 0 Å². The van der Waals surface area contributed by atoms with E-state index in [1.807, 2.05) is 0 Å². The van der Waals surface area contributed by atoms with Gasteiger partial charge in [-0.1, -0.05) is 6.07 Å². The first-order valence-corrected chi connectivity index (χ1v) is 8.61. The summed E-state index contributed by atoms with van der Waals surface area (Å²) >= 11 is 6.71. The zero-order valence-electron chi connectivity index (χ0n) is 12.1. The second-order valence-corrected chi connectivity index (χ2v) is 8.02. The van der Waals surface area contributed by atoms with Crippen LogP contribution < -0.4 is 0 Å². The third-order valence-electron chi connectivity index (χ3n) is 6.15. The van der Waals surface area contributed by atoms with Crippen molar-refractivity contribution in [3.8, 4) is 0 Å². The Kier molecular flexibility index (Phi) is 3.48. The normalized spacial score (nSPS) is 38.7. The van der Waals surface area contributed by atoms with Gasteiger partial charge < -0.3 is 0 Å². The third kappa shape index (κ3) is 2.50. The van der Waals surface area contributed by atoms with Crippen molar-refractivity contribution >= 4 is 11.6 Å². The van der Waals surface area contributed by atoms with Gasteiger partial charge in [-0.25, -0.2) is 8.78 Å². The maximum Gasteiger partial charge on any atom is 0.129 e. The van der Waals surface area contributed by atoms with Crippen LogP contribution in [0.3, 0.4) is 0 Å². The Morgan fingerprint density at radius 3 is 2.19 bits per heavy atom. The number of benzene rings is 1. The smallest absolute Gasteiger partial charge is 0.129 e. The molecule has 5 rings (SSSR count). The molecule has 4 aliphatic carbocycles. The lowest BCUT2D eigenvalue weighted by molar-refractivity contribution is -0.0377. The SMILES string of the molecule is Fc1ccc(CC(Cl)C2C3CC4CC(C3)CC2C4)c(F)c1. The zero-order chi connectivity index (χ0) is 14.6. The van der Waals surface area contributed by atoms with Gasteiger partial charge in [0, 0.05) is 11.4 Å². The maximum atomic E-state index is 13.8. The lowest BCUT2D eigenvalue weighted by Gasteiger charge is -2.55. The van der Waals surface area contributed by atoms with Crippen molar-refractivity contribution in [2.24, 2.45) is 29.6 Å². The highest BCUT2D eigenvalue weighted by molar-refractivity contribution is 6.21. The maximum absolute atomic E-state index is 13.8. The van der Waals surface area contributed by atoms with Crippen LogP contribution in [0, 0.1) is 41.2 Å². The molecule has 4 saturated carbocycles. The molecule has 1 atom stereocenters. The first kappa shape index (κ1) is 14.0. The summed E-state index contributed by atoms with van der Waals surface area (Å²) < 4.78 is 26.8. The van der Waals surface area contributed by atoms with E-state index < -0.39 is 11.6 Å². The van der Waals surface area contributed by atoms with E-state index in [-0.39, 0.29) is 5.38 Å². The minimum atomic E-state index is -0.517. The first-order chi connectivity index (χ1) is 10.1. The molecule has 0 aliphatic heterocycles. The van der Waals surface area contributed by atoms with Gasteiger partial charge in [0.1, 0.15) is 11.6 Å². The molecule has 4 bridgehead atoms. The van der Waals surface area contributed by atoms with Crippen LogP contribution in [0.2, 0.25) is 0 Å². The molecule has 0 nitrogen and oxygen atoms in total. The molecule has 0 amide bonds. The van der Waals surface area contributed by atoms with Crippen LogP contribution in [0.1, 0.15) is 37.7 Å². The Hall–Kier alpha value is -0.630. The number of hydrogen-bond acceptors (Lipinski definition) is 0. The largest absolute Gasteiger partial charge is 0.207 e. The minimum absolute atomic E-state index is 0.0139. The van der Waals surface area contributed by atoms with Crippen LogP contribution in [0.5, 0.6) is 0 Å². The second-order valence-electron chi connectivity index (χ2n) is 7.46. The fraction of sp³-hybridized carbons (Fsp3) is 0.667. The lowest BCUT2D eigenvalue weighted by atomic mass is 9.51. The molecule has 1 aromatic carbocycles. The Morgan fingerprint density at radius 2 is 1.62 bits per heavy atom. The van der Waals surface area contributed by atoms with E-state index in [1.165, 1.54) is 38.2 Å². The highest BCUT2D eigenvalue weighted by Gasteiger charge is 2.50. The molecule has 0 heterocycles. The molecule has 0 aromatic heterocycles. The quantitative estimate of drug-likeness (QED) is 0.674. The fourth-order valence-corrected chi connectivity index (χ4v) is 6.17. The van der Waals surface area contributed by atoms with Crippen molar-refractivity contribution in [2.75, 3.05) is 0 Å². The van der Waals surface area contributed by atoms with Gasteiger partial charge in [-0.15, -0.1) is 11.6 Å². The summed E-state index contributed by atoms with van der Waals surface area (Å²) in [7, 11) is 0. The van der Waals surface area contributed by atoms with Gasteiger partial charge in [0.05, 0.1) is 0 Å². The molecule has 0 N–H and O–H groups in total. The highest BCUT2D eigenvalue weighted by atomic mass is 35.5. The van der Waals surface area contributed by atoms with Gasteiger partial charge in [0.25, 0.3) is 0 Å². The molecule has 21 heavy (non-hydrogen) atoms. The summed E-state index contributed by atoms with van der Waals surface area (Å²) in [6.45, 7) is 0. The molecule has 0 radical (unpaired) electrons. The van der Waals surface area contributed by atoms with Crippen LogP contribution >= 0.6 is 11.6 Å². The van der Waals surface area contributed by atoms with E-state index in [2.05, 4.69) is 0 Å². The topological polar surface area (TPSA) is 0 Å². The third-order valence-corrected chi connectivity index (χ3v) is 6.59. The second kappa shape index (κ2) is 5.22. The van der Waals surface area contributed by atoms with Crippen molar-refractivity contribution in [3.63, 3.8) is 0 Å². The van der Waals surface area contributed by atoms with E-state index in [1.54, 1.807) is 6.07 Å². The van der Waals surface area contributed by atoms with E-state index in [0.29, 0.717) is 17.9 Å². The zero-order valence-corrected chi connectivity index (χ0v) is 12.8. The Balaban J connectivity index is 1.51. The monoisotopic (exact) mass is 310 g/mol. The summed E-state index contributed by atoms with van der Waals surface area (Å²) in [5, 5.41) is -0.0139. The van der Waals surface area contributed by atoms with Gasteiger partial charge in [-0.05, 0) is 79.7 Å². The first-order valence-electron chi connectivity index (χ1n) is 8.18. The fourth-order valence-electron chi connectivity index (χ4n) is 5.59. The van der Waals surface area contributed by atoms with Crippen LogP contribution in [-0.4, -0.2) is 5.38 Å². The van der Waals surface area contributed by atoms with Gasteiger partial charge >= 0.3 is 0 Å². The summed E-state index contributed by atoms with van der Waals surface area (Å²) in [6, 6.07) is 3.85. The summed E-state index contributed by atoms with van der Waals surface area (Å²) in [5.74, 6) is 2.90. The Morgan fingerprint density at radius 1 is 1.00 bits per heavy atom. The molecular formula is C18H21ClF2. The van der Waals surface area contributed by atoms with Crippen LogP contribution in [-0.2, 0) is 6.42 Å². The average Bonchev–Trinajstić information content (AvgIpc) is 2.40. The van der Waals surface area contributed by atoms with Crippen molar-refractivity contribution in [1.82, 2.24) is 0 Å².